The maximum atomic E-state index is 5.84. The minimum Gasteiger partial charge on any atom is -0.493 e. The molecule has 0 radical (unpaired) electrons. The van der Waals surface area contributed by atoms with Crippen LogP contribution < -0.4 is 9.47 Å². The topological polar surface area (TPSA) is 30.9 Å². The minimum atomic E-state index is 0.305. The molecule has 1 fully saturated rings. The van der Waals surface area contributed by atoms with Crippen molar-refractivity contribution in [2.24, 2.45) is 0 Å². The van der Waals surface area contributed by atoms with Crippen molar-refractivity contribution < 1.29 is 14.2 Å². The third kappa shape index (κ3) is 5.56. The first-order chi connectivity index (χ1) is 10.2. The van der Waals surface area contributed by atoms with E-state index in [-0.39, 0.29) is 0 Å². The molecule has 1 saturated heterocycles. The summed E-state index contributed by atoms with van der Waals surface area (Å²) in [6.45, 7) is 10.7. The zero-order chi connectivity index (χ0) is 15.1. The van der Waals surface area contributed by atoms with Crippen molar-refractivity contribution in [3.63, 3.8) is 0 Å². The summed E-state index contributed by atoms with van der Waals surface area (Å²) in [6.07, 6.45) is 1.62. The zero-order valence-corrected chi connectivity index (χ0v) is 13.4. The lowest BCUT2D eigenvalue weighted by molar-refractivity contribution is -0.0699. The van der Waals surface area contributed by atoms with Crippen LogP contribution in [0.1, 0.15) is 27.2 Å². The van der Waals surface area contributed by atoms with Gasteiger partial charge in [-0.05, 0) is 32.4 Å². The van der Waals surface area contributed by atoms with Crippen LogP contribution in [-0.4, -0.2) is 50.0 Å². The van der Waals surface area contributed by atoms with E-state index in [2.05, 4.69) is 25.7 Å². The predicted octanol–water partition coefficient (Wildman–Crippen LogP) is 2.96. The lowest BCUT2D eigenvalue weighted by Crippen LogP contribution is -2.46. The standard InChI is InChI=1S/C17H27NO3/c1-4-9-19-16-6-5-7-17(11-16)20-10-8-18-12-14(2)21-15(3)13-18/h5-7,11,14-15H,4,8-10,12-13H2,1-3H3/t14-,15-/m1/s1. The number of hydrogen-bond donors (Lipinski definition) is 0. The molecular formula is C17H27NO3. The van der Waals surface area contributed by atoms with Gasteiger partial charge in [-0.15, -0.1) is 0 Å². The Hall–Kier alpha value is -1.26. The Morgan fingerprint density at radius 2 is 1.71 bits per heavy atom. The molecule has 0 unspecified atom stereocenters. The molecule has 1 aliphatic heterocycles. The molecule has 0 saturated carbocycles. The quantitative estimate of drug-likeness (QED) is 0.773. The van der Waals surface area contributed by atoms with Gasteiger partial charge in [0.05, 0.1) is 18.8 Å². The van der Waals surface area contributed by atoms with Gasteiger partial charge < -0.3 is 14.2 Å². The average Bonchev–Trinajstić information content (AvgIpc) is 2.44. The molecule has 2 atom stereocenters. The summed E-state index contributed by atoms with van der Waals surface area (Å²) < 4.78 is 17.2. The highest BCUT2D eigenvalue weighted by Gasteiger charge is 2.21. The van der Waals surface area contributed by atoms with Crippen molar-refractivity contribution in [3.8, 4) is 11.5 Å². The molecule has 4 heteroatoms. The van der Waals surface area contributed by atoms with Gasteiger partial charge in [-0.1, -0.05) is 13.0 Å². The monoisotopic (exact) mass is 293 g/mol. The molecule has 1 aliphatic rings. The number of rotatable bonds is 7. The predicted molar refractivity (Wildman–Crippen MR) is 84.2 cm³/mol. The number of hydrogen-bond acceptors (Lipinski definition) is 4. The van der Waals surface area contributed by atoms with Crippen LogP contribution in [0.25, 0.3) is 0 Å². The molecule has 0 amide bonds. The van der Waals surface area contributed by atoms with Gasteiger partial charge in [0.15, 0.2) is 0 Å². The number of benzene rings is 1. The summed E-state index contributed by atoms with van der Waals surface area (Å²) in [5.41, 5.74) is 0. The van der Waals surface area contributed by atoms with E-state index in [0.29, 0.717) is 18.8 Å². The maximum absolute atomic E-state index is 5.84. The van der Waals surface area contributed by atoms with E-state index in [4.69, 9.17) is 14.2 Å². The Labute approximate surface area is 128 Å². The van der Waals surface area contributed by atoms with Gasteiger partial charge >= 0.3 is 0 Å². The van der Waals surface area contributed by atoms with Gasteiger partial charge in [0.2, 0.25) is 0 Å². The van der Waals surface area contributed by atoms with Crippen LogP contribution in [0.2, 0.25) is 0 Å². The highest BCUT2D eigenvalue weighted by atomic mass is 16.5. The van der Waals surface area contributed by atoms with E-state index in [9.17, 15) is 0 Å². The van der Waals surface area contributed by atoms with E-state index in [1.807, 2.05) is 24.3 Å². The van der Waals surface area contributed by atoms with E-state index in [1.165, 1.54) is 0 Å². The van der Waals surface area contributed by atoms with Crippen LogP contribution >= 0.6 is 0 Å². The molecule has 118 valence electrons. The second kappa shape index (κ2) is 8.25. The molecule has 0 aliphatic carbocycles. The second-order valence-electron chi connectivity index (χ2n) is 5.69. The summed E-state index contributed by atoms with van der Waals surface area (Å²) >= 11 is 0. The molecule has 1 aromatic rings. The van der Waals surface area contributed by atoms with Gasteiger partial charge in [0.25, 0.3) is 0 Å². The van der Waals surface area contributed by atoms with Crippen LogP contribution in [0.3, 0.4) is 0 Å². The summed E-state index contributed by atoms with van der Waals surface area (Å²) in [5.74, 6) is 1.75. The van der Waals surface area contributed by atoms with E-state index in [0.717, 1.165) is 44.2 Å². The minimum absolute atomic E-state index is 0.305. The summed E-state index contributed by atoms with van der Waals surface area (Å²) in [5, 5.41) is 0. The second-order valence-corrected chi connectivity index (χ2v) is 5.69. The van der Waals surface area contributed by atoms with Crippen molar-refractivity contribution >= 4 is 0 Å². The average molecular weight is 293 g/mol. The van der Waals surface area contributed by atoms with Crippen LogP contribution in [0.4, 0.5) is 0 Å². The zero-order valence-electron chi connectivity index (χ0n) is 13.4. The molecule has 4 nitrogen and oxygen atoms in total. The highest BCUT2D eigenvalue weighted by Crippen LogP contribution is 2.19. The third-order valence-electron chi connectivity index (χ3n) is 3.45. The first-order valence-electron chi connectivity index (χ1n) is 7.91. The first kappa shape index (κ1) is 16.1. The molecule has 0 N–H and O–H groups in total. The Balaban J connectivity index is 1.75. The van der Waals surface area contributed by atoms with E-state index in [1.54, 1.807) is 0 Å². The smallest absolute Gasteiger partial charge is 0.123 e. The van der Waals surface area contributed by atoms with E-state index >= 15 is 0 Å². The third-order valence-corrected chi connectivity index (χ3v) is 3.45. The number of ether oxygens (including phenoxy) is 3. The first-order valence-corrected chi connectivity index (χ1v) is 7.91. The van der Waals surface area contributed by atoms with Crippen molar-refractivity contribution in [3.05, 3.63) is 24.3 Å². The SMILES string of the molecule is CCCOc1cccc(OCCN2C[C@@H](C)O[C@H](C)C2)c1. The molecule has 0 spiro atoms. The Kier molecular flexibility index (Phi) is 6.33. The van der Waals surface area contributed by atoms with Crippen LogP contribution in [0.15, 0.2) is 24.3 Å². The molecule has 1 aromatic carbocycles. The van der Waals surface area contributed by atoms with Crippen LogP contribution in [0.5, 0.6) is 11.5 Å². The lowest BCUT2D eigenvalue weighted by atomic mass is 10.2. The summed E-state index contributed by atoms with van der Waals surface area (Å²) in [6, 6.07) is 7.87. The van der Waals surface area contributed by atoms with Crippen molar-refractivity contribution in [2.75, 3.05) is 32.8 Å². The number of nitrogens with zero attached hydrogens (tertiary/aromatic N) is 1. The Morgan fingerprint density at radius 1 is 1.10 bits per heavy atom. The fourth-order valence-corrected chi connectivity index (χ4v) is 2.63. The summed E-state index contributed by atoms with van der Waals surface area (Å²) in [7, 11) is 0. The fourth-order valence-electron chi connectivity index (χ4n) is 2.63. The molecule has 0 bridgehead atoms. The van der Waals surface area contributed by atoms with Gasteiger partial charge in [0, 0.05) is 25.7 Å². The van der Waals surface area contributed by atoms with E-state index < -0.39 is 0 Å². The van der Waals surface area contributed by atoms with Crippen molar-refractivity contribution in [1.82, 2.24) is 4.90 Å². The van der Waals surface area contributed by atoms with Gasteiger partial charge in [-0.2, -0.15) is 0 Å². The molecule has 2 rings (SSSR count). The maximum Gasteiger partial charge on any atom is 0.123 e. The molecular weight excluding hydrogens is 266 g/mol. The Morgan fingerprint density at radius 3 is 2.33 bits per heavy atom. The van der Waals surface area contributed by atoms with Crippen LogP contribution in [-0.2, 0) is 4.74 Å². The highest BCUT2D eigenvalue weighted by molar-refractivity contribution is 5.32. The summed E-state index contributed by atoms with van der Waals surface area (Å²) in [4.78, 5) is 2.40. The van der Waals surface area contributed by atoms with Crippen molar-refractivity contribution in [1.29, 1.82) is 0 Å². The van der Waals surface area contributed by atoms with Gasteiger partial charge in [0.1, 0.15) is 18.1 Å². The number of morpholine rings is 1. The molecule has 1 heterocycles. The fraction of sp³-hybridized carbons (Fsp3) is 0.647. The van der Waals surface area contributed by atoms with Gasteiger partial charge in [-0.25, -0.2) is 0 Å². The van der Waals surface area contributed by atoms with Crippen LogP contribution in [0, 0.1) is 0 Å². The largest absolute Gasteiger partial charge is 0.493 e. The Bertz CT molecular complexity index is 414. The van der Waals surface area contributed by atoms with Crippen molar-refractivity contribution in [2.45, 2.75) is 39.4 Å². The molecule has 21 heavy (non-hydrogen) atoms. The lowest BCUT2D eigenvalue weighted by Gasteiger charge is -2.35. The molecule has 0 aromatic heterocycles. The van der Waals surface area contributed by atoms with Gasteiger partial charge in [-0.3, -0.25) is 4.90 Å². The normalized spacial score (nSPS) is 23.0.